The van der Waals surface area contributed by atoms with Crippen molar-refractivity contribution in [3.63, 3.8) is 0 Å². The van der Waals surface area contributed by atoms with Crippen LogP contribution >= 0.6 is 0 Å². The van der Waals surface area contributed by atoms with Crippen LogP contribution in [0.15, 0.2) is 54.6 Å². The van der Waals surface area contributed by atoms with E-state index in [-0.39, 0.29) is 32.7 Å². The maximum Gasteiger partial charge on any atom is 0.307 e. The lowest BCUT2D eigenvalue weighted by Crippen LogP contribution is -2.24. The van der Waals surface area contributed by atoms with Gasteiger partial charge in [-0.1, -0.05) is 18.2 Å². The molecule has 3 aromatic carbocycles. The Bertz CT molecular complexity index is 1290. The average molecular weight is 493 g/mol. The number of carboxylic acid groups (broad SMARTS) is 1. The van der Waals surface area contributed by atoms with Crippen LogP contribution in [-0.2, 0) is 29.0 Å². The molecule has 10 nitrogen and oxygen atoms in total. The summed E-state index contributed by atoms with van der Waals surface area (Å²) in [5.74, 6) is 3.25. The topological polar surface area (TPSA) is 122 Å². The summed E-state index contributed by atoms with van der Waals surface area (Å²) in [5.41, 5.74) is 2.57. The first kappa shape index (κ1) is 23.2. The Labute approximate surface area is 206 Å². The summed E-state index contributed by atoms with van der Waals surface area (Å²) in [4.78, 5) is 22.5. The van der Waals surface area contributed by atoms with Gasteiger partial charge < -0.3 is 38.8 Å². The maximum absolute atomic E-state index is 12.1. The van der Waals surface area contributed by atoms with Crippen LogP contribution in [0.3, 0.4) is 0 Å². The zero-order valence-corrected chi connectivity index (χ0v) is 19.2. The van der Waals surface area contributed by atoms with Gasteiger partial charge in [-0.15, -0.1) is 0 Å². The highest BCUT2D eigenvalue weighted by molar-refractivity contribution is 5.78. The molecule has 0 saturated heterocycles. The Balaban J connectivity index is 0.000000174. The molecule has 0 fully saturated rings. The number of hydrogen-bond acceptors (Lipinski definition) is 8. The second-order valence-corrected chi connectivity index (χ2v) is 8.09. The number of hydrogen-bond donors (Lipinski definition) is 2. The summed E-state index contributed by atoms with van der Waals surface area (Å²) >= 11 is 0. The molecule has 10 heteroatoms. The SMILES string of the molecule is O=C(Cc1ccc2c(c1)OCO2)NCc1ccc2c(c1)OCO2.O=C(O)Cc1ccc2c(c1)OCO2. The summed E-state index contributed by atoms with van der Waals surface area (Å²) in [5, 5.41) is 11.4. The lowest BCUT2D eigenvalue weighted by atomic mass is 10.1. The number of carbonyl (C=O) groups is 2. The van der Waals surface area contributed by atoms with Gasteiger partial charge in [0.15, 0.2) is 34.5 Å². The summed E-state index contributed by atoms with van der Waals surface area (Å²) in [7, 11) is 0. The average Bonchev–Trinajstić information content (AvgIpc) is 3.62. The fourth-order valence-corrected chi connectivity index (χ4v) is 3.78. The minimum absolute atomic E-state index is 0.0106. The van der Waals surface area contributed by atoms with E-state index < -0.39 is 5.97 Å². The molecule has 0 aromatic heterocycles. The lowest BCUT2D eigenvalue weighted by molar-refractivity contribution is -0.136. The molecule has 3 aromatic rings. The van der Waals surface area contributed by atoms with Crippen molar-refractivity contribution in [1.82, 2.24) is 5.32 Å². The van der Waals surface area contributed by atoms with Gasteiger partial charge in [-0.25, -0.2) is 0 Å². The monoisotopic (exact) mass is 493 g/mol. The number of rotatable bonds is 6. The van der Waals surface area contributed by atoms with E-state index in [4.69, 9.17) is 33.5 Å². The Kier molecular flexibility index (Phi) is 6.65. The molecule has 0 bridgehead atoms. The number of carboxylic acids is 1. The van der Waals surface area contributed by atoms with E-state index >= 15 is 0 Å². The van der Waals surface area contributed by atoms with Gasteiger partial charge in [0.1, 0.15) is 0 Å². The third-order valence-corrected chi connectivity index (χ3v) is 5.52. The van der Waals surface area contributed by atoms with Crippen LogP contribution in [0.5, 0.6) is 34.5 Å². The van der Waals surface area contributed by atoms with E-state index in [1.165, 1.54) is 0 Å². The van der Waals surface area contributed by atoms with Gasteiger partial charge in [-0.05, 0) is 53.1 Å². The molecule has 186 valence electrons. The fourth-order valence-electron chi connectivity index (χ4n) is 3.78. The van der Waals surface area contributed by atoms with Gasteiger partial charge in [0, 0.05) is 6.54 Å². The maximum atomic E-state index is 12.1. The molecule has 2 N–H and O–H groups in total. The molecule has 1 amide bonds. The number of fused-ring (bicyclic) bond motifs is 3. The quantitative estimate of drug-likeness (QED) is 0.534. The first-order valence-electron chi connectivity index (χ1n) is 11.2. The normalized spacial score (nSPS) is 13.6. The fraction of sp³-hybridized carbons (Fsp3) is 0.231. The summed E-state index contributed by atoms with van der Waals surface area (Å²) in [6.45, 7) is 1.14. The Morgan fingerprint density at radius 2 is 1.03 bits per heavy atom. The summed E-state index contributed by atoms with van der Waals surface area (Å²) in [6, 6.07) is 16.3. The number of amides is 1. The van der Waals surface area contributed by atoms with Crippen molar-refractivity contribution in [2.24, 2.45) is 0 Å². The molecule has 6 rings (SSSR count). The second-order valence-electron chi connectivity index (χ2n) is 8.09. The molecule has 0 aliphatic carbocycles. The van der Waals surface area contributed by atoms with Gasteiger partial charge in [0.25, 0.3) is 0 Å². The van der Waals surface area contributed by atoms with E-state index in [2.05, 4.69) is 5.32 Å². The third kappa shape index (κ3) is 5.54. The van der Waals surface area contributed by atoms with Crippen molar-refractivity contribution in [3.8, 4) is 34.5 Å². The van der Waals surface area contributed by atoms with Gasteiger partial charge in [-0.3, -0.25) is 9.59 Å². The van der Waals surface area contributed by atoms with Crippen LogP contribution in [-0.4, -0.2) is 37.4 Å². The number of aliphatic carboxylic acids is 1. The molecular weight excluding hydrogens is 470 g/mol. The Morgan fingerprint density at radius 3 is 1.53 bits per heavy atom. The number of nitrogens with one attached hydrogen (secondary N) is 1. The van der Waals surface area contributed by atoms with Crippen LogP contribution in [0.2, 0.25) is 0 Å². The van der Waals surface area contributed by atoms with E-state index in [1.54, 1.807) is 18.2 Å². The van der Waals surface area contributed by atoms with Crippen molar-refractivity contribution < 1.29 is 43.1 Å². The first-order valence-corrected chi connectivity index (χ1v) is 11.2. The van der Waals surface area contributed by atoms with Crippen LogP contribution in [0.1, 0.15) is 16.7 Å². The van der Waals surface area contributed by atoms with Gasteiger partial charge in [-0.2, -0.15) is 0 Å². The first-order chi connectivity index (χ1) is 17.5. The van der Waals surface area contributed by atoms with E-state index in [9.17, 15) is 9.59 Å². The lowest BCUT2D eigenvalue weighted by Gasteiger charge is -2.07. The van der Waals surface area contributed by atoms with Crippen molar-refractivity contribution in [2.75, 3.05) is 20.4 Å². The number of ether oxygens (including phenoxy) is 6. The largest absolute Gasteiger partial charge is 0.481 e. The zero-order valence-electron chi connectivity index (χ0n) is 19.2. The van der Waals surface area contributed by atoms with E-state index in [0.29, 0.717) is 36.0 Å². The molecule has 0 spiro atoms. The molecule has 3 aliphatic rings. The van der Waals surface area contributed by atoms with E-state index in [0.717, 1.165) is 28.2 Å². The van der Waals surface area contributed by atoms with Gasteiger partial charge in [0.2, 0.25) is 26.3 Å². The molecule has 0 radical (unpaired) electrons. The highest BCUT2D eigenvalue weighted by Gasteiger charge is 2.16. The van der Waals surface area contributed by atoms with Crippen molar-refractivity contribution in [1.29, 1.82) is 0 Å². The Hall–Kier alpha value is -4.60. The molecular formula is C26H23NO9. The molecule has 3 aliphatic heterocycles. The Morgan fingerprint density at radius 1 is 0.611 bits per heavy atom. The highest BCUT2D eigenvalue weighted by atomic mass is 16.7. The predicted molar refractivity (Wildman–Crippen MR) is 125 cm³/mol. The molecule has 0 saturated carbocycles. The van der Waals surface area contributed by atoms with E-state index in [1.807, 2.05) is 36.4 Å². The number of benzene rings is 3. The van der Waals surface area contributed by atoms with Crippen LogP contribution < -0.4 is 33.7 Å². The minimum atomic E-state index is -0.848. The standard InChI is InChI=1S/C17H15NO5.C9H8O4/c19-17(7-11-1-3-13-15(5-11)22-9-20-13)18-8-12-2-4-14-16(6-12)23-10-21-14;10-9(11)4-6-1-2-7-8(3-6)13-5-12-7/h1-6H,7-10H2,(H,18,19);1-3H,4-5H2,(H,10,11). The van der Waals surface area contributed by atoms with Crippen LogP contribution in [0, 0.1) is 0 Å². The van der Waals surface area contributed by atoms with Crippen LogP contribution in [0.4, 0.5) is 0 Å². The van der Waals surface area contributed by atoms with Crippen molar-refractivity contribution in [3.05, 3.63) is 71.3 Å². The molecule has 3 heterocycles. The van der Waals surface area contributed by atoms with Gasteiger partial charge >= 0.3 is 5.97 Å². The van der Waals surface area contributed by atoms with Crippen molar-refractivity contribution in [2.45, 2.75) is 19.4 Å². The van der Waals surface area contributed by atoms with Crippen LogP contribution in [0.25, 0.3) is 0 Å². The zero-order chi connectivity index (χ0) is 24.9. The second kappa shape index (κ2) is 10.3. The smallest absolute Gasteiger partial charge is 0.307 e. The summed E-state index contributed by atoms with van der Waals surface area (Å²) < 4.78 is 31.3. The molecule has 36 heavy (non-hydrogen) atoms. The number of carbonyl (C=O) groups excluding carboxylic acids is 1. The minimum Gasteiger partial charge on any atom is -0.481 e. The molecule has 0 unspecified atom stereocenters. The third-order valence-electron chi connectivity index (χ3n) is 5.52. The van der Waals surface area contributed by atoms with Gasteiger partial charge in [0.05, 0.1) is 12.8 Å². The predicted octanol–water partition coefficient (Wildman–Crippen LogP) is 3.05. The highest BCUT2D eigenvalue weighted by Crippen LogP contribution is 2.34. The summed E-state index contributed by atoms with van der Waals surface area (Å²) in [6.07, 6.45) is 0.303. The van der Waals surface area contributed by atoms with Crippen molar-refractivity contribution >= 4 is 11.9 Å². The molecule has 0 atom stereocenters.